The Morgan fingerprint density at radius 2 is 2.12 bits per heavy atom. The van der Waals surface area contributed by atoms with Crippen LogP contribution in [-0.2, 0) is 4.79 Å². The largest absolute Gasteiger partial charge is 0.335 e. The Bertz CT molecular complexity index is 439. The van der Waals surface area contributed by atoms with Gasteiger partial charge in [-0.05, 0) is 19.1 Å². The van der Waals surface area contributed by atoms with Crippen LogP contribution in [0.3, 0.4) is 0 Å². The maximum Gasteiger partial charge on any atom is 0.158 e. The number of ketones is 1. The van der Waals surface area contributed by atoms with E-state index < -0.39 is 0 Å². The lowest BCUT2D eigenvalue weighted by Crippen LogP contribution is -2.17. The normalized spacial score (nSPS) is 16.6. The summed E-state index contributed by atoms with van der Waals surface area (Å²) in [6, 6.07) is 8.26. The summed E-state index contributed by atoms with van der Waals surface area (Å²) in [5.41, 5.74) is 1.21. The number of carbonyl (C=O) groups excluding carboxylic acids is 1. The van der Waals surface area contributed by atoms with Crippen molar-refractivity contribution in [2.45, 2.75) is 25.2 Å². The lowest BCUT2D eigenvalue weighted by molar-refractivity contribution is -0.114. The SMILES string of the molecule is CCC(=O)C=C1Sc2ccccc2N1CC. The molecule has 0 N–H and O–H groups in total. The minimum absolute atomic E-state index is 0.189. The van der Waals surface area contributed by atoms with Gasteiger partial charge in [0.2, 0.25) is 0 Å². The number of hydrogen-bond donors (Lipinski definition) is 0. The number of para-hydroxylation sites is 1. The molecule has 0 unspecified atom stereocenters. The fourth-order valence-corrected chi connectivity index (χ4v) is 2.91. The molecule has 0 aliphatic carbocycles. The summed E-state index contributed by atoms with van der Waals surface area (Å²) in [6.45, 7) is 4.89. The standard InChI is InChI=1S/C13H15NOS/c1-3-10(15)9-13-14(4-2)11-7-5-6-8-12(11)16-13/h5-9H,3-4H2,1-2H3. The van der Waals surface area contributed by atoms with Crippen molar-refractivity contribution in [3.8, 4) is 0 Å². The molecule has 3 heteroatoms. The van der Waals surface area contributed by atoms with Gasteiger partial charge in [0.05, 0.1) is 10.7 Å². The van der Waals surface area contributed by atoms with Crippen molar-refractivity contribution >= 4 is 23.2 Å². The maximum atomic E-state index is 11.5. The topological polar surface area (TPSA) is 20.3 Å². The molecule has 0 fully saturated rings. The van der Waals surface area contributed by atoms with Crippen molar-refractivity contribution in [2.75, 3.05) is 11.4 Å². The monoisotopic (exact) mass is 233 g/mol. The van der Waals surface area contributed by atoms with Crippen LogP contribution in [-0.4, -0.2) is 12.3 Å². The van der Waals surface area contributed by atoms with Crippen LogP contribution in [0.5, 0.6) is 0 Å². The first-order valence-corrected chi connectivity index (χ1v) is 6.36. The number of nitrogens with zero attached hydrogens (tertiary/aromatic N) is 1. The Morgan fingerprint density at radius 1 is 1.38 bits per heavy atom. The maximum absolute atomic E-state index is 11.5. The Kier molecular flexibility index (Phi) is 3.34. The smallest absolute Gasteiger partial charge is 0.158 e. The zero-order valence-electron chi connectivity index (χ0n) is 9.56. The zero-order valence-corrected chi connectivity index (χ0v) is 10.4. The first-order chi connectivity index (χ1) is 7.76. The molecule has 1 aliphatic rings. The van der Waals surface area contributed by atoms with Gasteiger partial charge in [-0.1, -0.05) is 30.8 Å². The number of rotatable bonds is 3. The molecule has 1 aromatic rings. The molecule has 84 valence electrons. The summed E-state index contributed by atoms with van der Waals surface area (Å²) >= 11 is 1.68. The molecule has 0 amide bonds. The predicted octanol–water partition coefficient (Wildman–Crippen LogP) is 3.44. The van der Waals surface area contributed by atoms with E-state index in [-0.39, 0.29) is 5.78 Å². The molecule has 1 aliphatic heterocycles. The Labute approximate surface area is 100 Å². The highest BCUT2D eigenvalue weighted by molar-refractivity contribution is 8.03. The van der Waals surface area contributed by atoms with Crippen LogP contribution in [0.15, 0.2) is 40.3 Å². The molecule has 16 heavy (non-hydrogen) atoms. The minimum atomic E-state index is 0.189. The summed E-state index contributed by atoms with van der Waals surface area (Å²) in [5.74, 6) is 0.189. The number of thioether (sulfide) groups is 1. The number of allylic oxidation sites excluding steroid dienone is 1. The Balaban J connectivity index is 2.34. The molecule has 0 radical (unpaired) electrons. The summed E-state index contributed by atoms with van der Waals surface area (Å²) in [7, 11) is 0. The molecule has 0 aromatic heterocycles. The van der Waals surface area contributed by atoms with E-state index in [0.717, 1.165) is 11.6 Å². The summed E-state index contributed by atoms with van der Waals surface area (Å²) in [5, 5.41) is 1.05. The fraction of sp³-hybridized carbons (Fsp3) is 0.308. The van der Waals surface area contributed by atoms with E-state index in [2.05, 4.69) is 24.0 Å². The third-order valence-corrected chi connectivity index (χ3v) is 3.70. The van der Waals surface area contributed by atoms with Gasteiger partial charge >= 0.3 is 0 Å². The highest BCUT2D eigenvalue weighted by Gasteiger charge is 2.23. The average Bonchev–Trinajstić information content (AvgIpc) is 2.65. The third-order valence-electron chi connectivity index (χ3n) is 2.59. The van der Waals surface area contributed by atoms with Gasteiger partial charge in [0, 0.05) is 23.9 Å². The number of benzene rings is 1. The van der Waals surface area contributed by atoms with Gasteiger partial charge in [0.15, 0.2) is 5.78 Å². The van der Waals surface area contributed by atoms with Gasteiger partial charge in [-0.25, -0.2) is 0 Å². The van der Waals surface area contributed by atoms with Gasteiger partial charge in [0.25, 0.3) is 0 Å². The van der Waals surface area contributed by atoms with E-state index in [1.807, 2.05) is 19.1 Å². The number of fused-ring (bicyclic) bond motifs is 1. The van der Waals surface area contributed by atoms with E-state index in [1.54, 1.807) is 17.8 Å². The van der Waals surface area contributed by atoms with Crippen LogP contribution in [0.4, 0.5) is 5.69 Å². The highest BCUT2D eigenvalue weighted by Crippen LogP contribution is 2.45. The summed E-state index contributed by atoms with van der Waals surface area (Å²) in [4.78, 5) is 14.9. The predicted molar refractivity (Wildman–Crippen MR) is 68.7 cm³/mol. The molecular weight excluding hydrogens is 218 g/mol. The summed E-state index contributed by atoms with van der Waals surface area (Å²) in [6.07, 6.45) is 2.33. The summed E-state index contributed by atoms with van der Waals surface area (Å²) < 4.78 is 0. The van der Waals surface area contributed by atoms with Crippen LogP contribution in [0.2, 0.25) is 0 Å². The highest BCUT2D eigenvalue weighted by atomic mass is 32.2. The molecule has 0 spiro atoms. The van der Waals surface area contributed by atoms with E-state index in [0.29, 0.717) is 6.42 Å². The molecule has 2 nitrogen and oxygen atoms in total. The second-order valence-corrected chi connectivity index (χ2v) is 4.68. The number of carbonyl (C=O) groups is 1. The average molecular weight is 233 g/mol. The van der Waals surface area contributed by atoms with E-state index in [9.17, 15) is 4.79 Å². The number of hydrogen-bond acceptors (Lipinski definition) is 3. The second kappa shape index (κ2) is 4.74. The van der Waals surface area contributed by atoms with Crippen LogP contribution in [0.1, 0.15) is 20.3 Å². The molecule has 0 saturated carbocycles. The van der Waals surface area contributed by atoms with Gasteiger partial charge in [0.1, 0.15) is 0 Å². The van der Waals surface area contributed by atoms with E-state index >= 15 is 0 Å². The molecule has 0 saturated heterocycles. The van der Waals surface area contributed by atoms with Crippen molar-refractivity contribution in [3.05, 3.63) is 35.4 Å². The van der Waals surface area contributed by atoms with Gasteiger partial charge < -0.3 is 4.90 Å². The quantitative estimate of drug-likeness (QED) is 0.746. The fourth-order valence-electron chi connectivity index (χ4n) is 1.73. The molecule has 2 rings (SSSR count). The lowest BCUT2D eigenvalue weighted by Gasteiger charge is -2.17. The minimum Gasteiger partial charge on any atom is -0.335 e. The van der Waals surface area contributed by atoms with Crippen molar-refractivity contribution < 1.29 is 4.79 Å². The lowest BCUT2D eigenvalue weighted by atomic mass is 10.2. The second-order valence-electron chi connectivity index (χ2n) is 3.62. The van der Waals surface area contributed by atoms with Crippen molar-refractivity contribution in [3.63, 3.8) is 0 Å². The number of anilines is 1. The van der Waals surface area contributed by atoms with Gasteiger partial charge in [-0.15, -0.1) is 0 Å². The first kappa shape index (κ1) is 11.3. The molecular formula is C13H15NOS. The van der Waals surface area contributed by atoms with Crippen molar-refractivity contribution in [2.24, 2.45) is 0 Å². The zero-order chi connectivity index (χ0) is 11.5. The van der Waals surface area contributed by atoms with Crippen LogP contribution in [0, 0.1) is 0 Å². The Hall–Kier alpha value is -1.22. The molecule has 1 aromatic carbocycles. The van der Waals surface area contributed by atoms with Crippen LogP contribution >= 0.6 is 11.8 Å². The van der Waals surface area contributed by atoms with Gasteiger partial charge in [-0.3, -0.25) is 4.79 Å². The van der Waals surface area contributed by atoms with E-state index in [1.165, 1.54) is 10.6 Å². The third kappa shape index (κ3) is 2.00. The van der Waals surface area contributed by atoms with Gasteiger partial charge in [-0.2, -0.15) is 0 Å². The first-order valence-electron chi connectivity index (χ1n) is 5.55. The molecule has 1 heterocycles. The van der Waals surface area contributed by atoms with Crippen molar-refractivity contribution in [1.82, 2.24) is 0 Å². The molecule has 0 bridgehead atoms. The van der Waals surface area contributed by atoms with Crippen LogP contribution in [0.25, 0.3) is 0 Å². The van der Waals surface area contributed by atoms with E-state index in [4.69, 9.17) is 0 Å². The van der Waals surface area contributed by atoms with Crippen molar-refractivity contribution in [1.29, 1.82) is 0 Å². The Morgan fingerprint density at radius 3 is 2.81 bits per heavy atom. The molecule has 0 atom stereocenters. The van der Waals surface area contributed by atoms with Crippen LogP contribution < -0.4 is 4.90 Å².